The summed E-state index contributed by atoms with van der Waals surface area (Å²) >= 11 is 0. The van der Waals surface area contributed by atoms with Gasteiger partial charge < -0.3 is 10.1 Å². The Morgan fingerprint density at radius 3 is 2.59 bits per heavy atom. The molecule has 22 heavy (non-hydrogen) atoms. The highest BCUT2D eigenvalue weighted by Gasteiger charge is 2.12. The van der Waals surface area contributed by atoms with Gasteiger partial charge >= 0.3 is 5.97 Å². The van der Waals surface area contributed by atoms with E-state index in [-0.39, 0.29) is 11.3 Å². The van der Waals surface area contributed by atoms with Crippen molar-refractivity contribution >= 4 is 23.5 Å². The van der Waals surface area contributed by atoms with E-state index in [2.05, 4.69) is 15.5 Å². The van der Waals surface area contributed by atoms with E-state index in [9.17, 15) is 14.4 Å². The topological polar surface area (TPSA) is 101 Å². The van der Waals surface area contributed by atoms with Gasteiger partial charge in [0.15, 0.2) is 18.2 Å². The van der Waals surface area contributed by atoms with Crippen LogP contribution in [0.5, 0.6) is 0 Å². The molecule has 0 aliphatic heterocycles. The first-order chi connectivity index (χ1) is 10.5. The van der Waals surface area contributed by atoms with Crippen LogP contribution in [0.1, 0.15) is 33.3 Å². The van der Waals surface area contributed by atoms with E-state index in [4.69, 9.17) is 4.74 Å². The fourth-order valence-corrected chi connectivity index (χ4v) is 1.74. The minimum atomic E-state index is -0.670. The number of rotatable bonds is 5. The van der Waals surface area contributed by atoms with Crippen LogP contribution >= 0.6 is 0 Å². The molecule has 0 fully saturated rings. The molecule has 0 aliphatic carbocycles. The number of nitrogens with one attached hydrogen (secondary N) is 2. The van der Waals surface area contributed by atoms with E-state index in [0.717, 1.165) is 5.69 Å². The van der Waals surface area contributed by atoms with Crippen LogP contribution in [-0.2, 0) is 9.53 Å². The number of carbonyl (C=O) groups excluding carboxylic acids is 3. The van der Waals surface area contributed by atoms with Crippen molar-refractivity contribution in [3.8, 4) is 0 Å². The highest BCUT2D eigenvalue weighted by molar-refractivity contribution is 5.98. The molecule has 0 aliphatic rings. The summed E-state index contributed by atoms with van der Waals surface area (Å²) in [4.78, 5) is 34.7. The third kappa shape index (κ3) is 4.02. The number of ether oxygens (including phenoxy) is 1. The zero-order valence-corrected chi connectivity index (χ0v) is 12.2. The van der Waals surface area contributed by atoms with Crippen molar-refractivity contribution in [2.45, 2.75) is 13.8 Å². The SMILES string of the molecule is CC(=O)c1cccc(C(=O)OCC(=O)Nc2cc(C)[nH]n2)c1. The first-order valence-corrected chi connectivity index (χ1v) is 6.55. The number of H-pyrrole nitrogens is 1. The predicted molar refractivity (Wildman–Crippen MR) is 78.7 cm³/mol. The lowest BCUT2D eigenvalue weighted by atomic mass is 10.1. The van der Waals surface area contributed by atoms with E-state index < -0.39 is 18.5 Å². The Balaban J connectivity index is 1.90. The Bertz CT molecular complexity index is 721. The number of esters is 1. The molecule has 7 heteroatoms. The first-order valence-electron chi connectivity index (χ1n) is 6.55. The lowest BCUT2D eigenvalue weighted by molar-refractivity contribution is -0.119. The number of Topliss-reactive ketones (excluding diaryl/α,β-unsaturated/α-hetero) is 1. The Morgan fingerprint density at radius 1 is 1.23 bits per heavy atom. The summed E-state index contributed by atoms with van der Waals surface area (Å²) in [5.74, 6) is -0.961. The van der Waals surface area contributed by atoms with E-state index >= 15 is 0 Å². The predicted octanol–water partition coefficient (Wildman–Crippen LogP) is 1.72. The van der Waals surface area contributed by atoms with E-state index in [1.807, 2.05) is 0 Å². The quantitative estimate of drug-likeness (QED) is 0.646. The van der Waals surface area contributed by atoms with Crippen molar-refractivity contribution in [1.29, 1.82) is 0 Å². The summed E-state index contributed by atoms with van der Waals surface area (Å²) in [7, 11) is 0. The summed E-state index contributed by atoms with van der Waals surface area (Å²) in [5.41, 5.74) is 1.43. The van der Waals surface area contributed by atoms with Crippen molar-refractivity contribution in [3.05, 3.63) is 47.2 Å². The molecule has 1 amide bonds. The van der Waals surface area contributed by atoms with Gasteiger partial charge in [0.1, 0.15) is 0 Å². The molecule has 0 saturated heterocycles. The van der Waals surface area contributed by atoms with Crippen molar-refractivity contribution < 1.29 is 19.1 Å². The number of aryl methyl sites for hydroxylation is 1. The number of aromatic amines is 1. The largest absolute Gasteiger partial charge is 0.452 e. The third-order valence-corrected chi connectivity index (χ3v) is 2.81. The minimum Gasteiger partial charge on any atom is -0.452 e. The summed E-state index contributed by atoms with van der Waals surface area (Å²) in [6, 6.07) is 7.78. The second-order valence-corrected chi connectivity index (χ2v) is 4.70. The zero-order chi connectivity index (χ0) is 16.1. The van der Waals surface area contributed by atoms with Crippen molar-refractivity contribution in [2.75, 3.05) is 11.9 Å². The molecule has 0 unspecified atom stereocenters. The summed E-state index contributed by atoms with van der Waals surface area (Å²) in [6.45, 7) is 2.77. The number of hydrogen-bond donors (Lipinski definition) is 2. The maximum Gasteiger partial charge on any atom is 0.338 e. The molecule has 0 spiro atoms. The fourth-order valence-electron chi connectivity index (χ4n) is 1.74. The number of hydrogen-bond acceptors (Lipinski definition) is 5. The van der Waals surface area contributed by atoms with Gasteiger partial charge in [-0.3, -0.25) is 14.7 Å². The number of carbonyl (C=O) groups is 3. The average Bonchev–Trinajstić information content (AvgIpc) is 2.90. The van der Waals surface area contributed by atoms with Gasteiger partial charge in [-0.25, -0.2) is 4.79 Å². The maximum atomic E-state index is 11.8. The molecule has 2 rings (SSSR count). The maximum absolute atomic E-state index is 11.8. The molecule has 0 atom stereocenters. The van der Waals surface area contributed by atoms with Crippen LogP contribution in [0.15, 0.2) is 30.3 Å². The van der Waals surface area contributed by atoms with Crippen LogP contribution < -0.4 is 5.32 Å². The Labute approximate surface area is 126 Å². The summed E-state index contributed by atoms with van der Waals surface area (Å²) in [6.07, 6.45) is 0. The normalized spacial score (nSPS) is 10.1. The molecule has 1 aromatic carbocycles. The molecular weight excluding hydrogens is 286 g/mol. The van der Waals surface area contributed by atoms with Gasteiger partial charge in [-0.1, -0.05) is 12.1 Å². The highest BCUT2D eigenvalue weighted by Crippen LogP contribution is 2.08. The van der Waals surface area contributed by atoms with Crippen molar-refractivity contribution in [2.24, 2.45) is 0 Å². The fraction of sp³-hybridized carbons (Fsp3) is 0.200. The zero-order valence-electron chi connectivity index (χ0n) is 12.2. The van der Waals surface area contributed by atoms with Gasteiger partial charge in [0.25, 0.3) is 5.91 Å². The molecule has 2 N–H and O–H groups in total. The summed E-state index contributed by atoms with van der Waals surface area (Å²) < 4.78 is 4.90. The van der Waals surface area contributed by atoms with Crippen LogP contribution in [0.25, 0.3) is 0 Å². The Hall–Kier alpha value is -2.96. The highest BCUT2D eigenvalue weighted by atomic mass is 16.5. The third-order valence-electron chi connectivity index (χ3n) is 2.81. The average molecular weight is 301 g/mol. The van der Waals surface area contributed by atoms with Crippen LogP contribution in [0.3, 0.4) is 0 Å². The monoisotopic (exact) mass is 301 g/mol. The molecule has 114 valence electrons. The molecule has 0 radical (unpaired) electrons. The first kappa shape index (κ1) is 15.4. The second-order valence-electron chi connectivity index (χ2n) is 4.70. The van der Waals surface area contributed by atoms with E-state index in [1.54, 1.807) is 25.1 Å². The van der Waals surface area contributed by atoms with Gasteiger partial charge in [0.05, 0.1) is 5.56 Å². The van der Waals surface area contributed by atoms with Gasteiger partial charge in [0.2, 0.25) is 0 Å². The lowest BCUT2D eigenvalue weighted by Gasteiger charge is -2.05. The molecule has 0 saturated carbocycles. The number of aromatic nitrogens is 2. The lowest BCUT2D eigenvalue weighted by Crippen LogP contribution is -2.21. The number of amides is 1. The van der Waals surface area contributed by atoms with Crippen LogP contribution in [0, 0.1) is 6.92 Å². The molecule has 1 heterocycles. The second kappa shape index (κ2) is 6.66. The summed E-state index contributed by atoms with van der Waals surface area (Å²) in [5, 5.41) is 9.00. The number of nitrogens with zero attached hydrogens (tertiary/aromatic N) is 1. The molecule has 2 aromatic rings. The van der Waals surface area contributed by atoms with Crippen LogP contribution in [0.2, 0.25) is 0 Å². The molecule has 7 nitrogen and oxygen atoms in total. The van der Waals surface area contributed by atoms with E-state index in [1.165, 1.54) is 19.1 Å². The molecular formula is C15H15N3O4. The van der Waals surface area contributed by atoms with Gasteiger partial charge in [-0.2, -0.15) is 5.10 Å². The number of benzene rings is 1. The van der Waals surface area contributed by atoms with Crippen LogP contribution in [-0.4, -0.2) is 34.5 Å². The van der Waals surface area contributed by atoms with Crippen LogP contribution in [0.4, 0.5) is 5.82 Å². The van der Waals surface area contributed by atoms with Gasteiger partial charge in [0, 0.05) is 17.3 Å². The Morgan fingerprint density at radius 2 is 1.95 bits per heavy atom. The van der Waals surface area contributed by atoms with Gasteiger partial charge in [-0.05, 0) is 26.0 Å². The molecule has 1 aromatic heterocycles. The smallest absolute Gasteiger partial charge is 0.338 e. The van der Waals surface area contributed by atoms with E-state index in [0.29, 0.717) is 11.4 Å². The number of ketones is 1. The van der Waals surface area contributed by atoms with Gasteiger partial charge in [-0.15, -0.1) is 0 Å². The minimum absolute atomic E-state index is 0.152. The molecule has 0 bridgehead atoms. The van der Waals surface area contributed by atoms with Crippen molar-refractivity contribution in [1.82, 2.24) is 10.2 Å². The van der Waals surface area contributed by atoms with Crippen molar-refractivity contribution in [3.63, 3.8) is 0 Å². The Kier molecular flexibility index (Phi) is 4.67. The number of anilines is 1. The standard InChI is InChI=1S/C15H15N3O4/c1-9-6-13(18-17-9)16-14(20)8-22-15(21)12-5-3-4-11(7-12)10(2)19/h3-7H,8H2,1-2H3,(H2,16,17,18,20).